The highest BCUT2D eigenvalue weighted by Crippen LogP contribution is 2.30. The Morgan fingerprint density at radius 1 is 1.71 bits per heavy atom. The Kier molecular flexibility index (Phi) is 2.37. The van der Waals surface area contributed by atoms with Crippen LogP contribution in [0.25, 0.3) is 0 Å². The van der Waals surface area contributed by atoms with Crippen molar-refractivity contribution in [2.75, 3.05) is 6.54 Å². The lowest BCUT2D eigenvalue weighted by atomic mass is 10.2. The Balaban J connectivity index is 2.21. The van der Waals surface area contributed by atoms with Crippen molar-refractivity contribution in [3.8, 4) is 0 Å². The molecule has 76 valence electrons. The first-order valence-corrected chi connectivity index (χ1v) is 5.25. The predicted molar refractivity (Wildman–Crippen MR) is 51.4 cm³/mol. The molecule has 2 heterocycles. The summed E-state index contributed by atoms with van der Waals surface area (Å²) in [5.74, 6) is 0.660. The Bertz CT molecular complexity index is 352. The van der Waals surface area contributed by atoms with E-state index in [0.29, 0.717) is 12.4 Å². The summed E-state index contributed by atoms with van der Waals surface area (Å²) >= 11 is 1.32. The minimum atomic E-state index is -0.875. The van der Waals surface area contributed by atoms with Gasteiger partial charge in [-0.3, -0.25) is 4.90 Å². The second-order valence-electron chi connectivity index (χ2n) is 3.31. The van der Waals surface area contributed by atoms with Gasteiger partial charge in [0.1, 0.15) is 5.01 Å². The van der Waals surface area contributed by atoms with E-state index in [1.807, 2.05) is 6.92 Å². The fraction of sp³-hybridized carbons (Fsp3) is 0.625. The van der Waals surface area contributed by atoms with Crippen molar-refractivity contribution in [2.45, 2.75) is 25.8 Å². The average molecular weight is 213 g/mol. The van der Waals surface area contributed by atoms with Crippen LogP contribution in [-0.4, -0.2) is 32.0 Å². The zero-order chi connectivity index (χ0) is 10.1. The number of amides is 1. The van der Waals surface area contributed by atoms with Crippen LogP contribution in [0.3, 0.4) is 0 Å². The molecule has 1 amide bonds. The van der Waals surface area contributed by atoms with Crippen LogP contribution < -0.4 is 0 Å². The molecule has 1 fully saturated rings. The second-order valence-corrected chi connectivity index (χ2v) is 4.26. The monoisotopic (exact) mass is 213 g/mol. The molecule has 0 spiro atoms. The first-order valence-electron chi connectivity index (χ1n) is 4.48. The topological polar surface area (TPSA) is 66.3 Å². The van der Waals surface area contributed by atoms with Crippen LogP contribution in [0, 0.1) is 6.92 Å². The van der Waals surface area contributed by atoms with Crippen molar-refractivity contribution in [3.05, 3.63) is 10.8 Å². The quantitative estimate of drug-likeness (QED) is 0.770. The number of aryl methyl sites for hydroxylation is 1. The summed E-state index contributed by atoms with van der Waals surface area (Å²) < 4.78 is 4.16. The predicted octanol–water partition coefficient (Wildman–Crippen LogP) is 1.66. The molecule has 0 aliphatic carbocycles. The van der Waals surface area contributed by atoms with Gasteiger partial charge in [0.05, 0.1) is 6.04 Å². The maximum atomic E-state index is 10.9. The van der Waals surface area contributed by atoms with Gasteiger partial charge in [-0.1, -0.05) is 0 Å². The van der Waals surface area contributed by atoms with Crippen molar-refractivity contribution in [2.24, 2.45) is 0 Å². The summed E-state index contributed by atoms with van der Waals surface area (Å²) in [6.45, 7) is 2.47. The molecule has 0 aromatic carbocycles. The van der Waals surface area contributed by atoms with Gasteiger partial charge < -0.3 is 5.11 Å². The molecule has 0 radical (unpaired) electrons. The molecular formula is C8H11N3O2S. The summed E-state index contributed by atoms with van der Waals surface area (Å²) in [6.07, 6.45) is 0.859. The third kappa shape index (κ3) is 1.57. The van der Waals surface area contributed by atoms with Gasteiger partial charge in [0.15, 0.2) is 5.82 Å². The van der Waals surface area contributed by atoms with Gasteiger partial charge in [0.25, 0.3) is 0 Å². The van der Waals surface area contributed by atoms with Crippen LogP contribution in [0.2, 0.25) is 0 Å². The van der Waals surface area contributed by atoms with Crippen molar-refractivity contribution >= 4 is 17.6 Å². The highest BCUT2D eigenvalue weighted by Gasteiger charge is 2.32. The number of aromatic nitrogens is 2. The van der Waals surface area contributed by atoms with Crippen molar-refractivity contribution in [3.63, 3.8) is 0 Å². The fourth-order valence-electron chi connectivity index (χ4n) is 1.71. The van der Waals surface area contributed by atoms with Crippen LogP contribution >= 0.6 is 11.5 Å². The Morgan fingerprint density at radius 3 is 3.07 bits per heavy atom. The standard InChI is InChI=1S/C8H11N3O2S/c1-5-9-7(10-14-5)6-3-2-4-11(6)8(12)13/h6H,2-4H2,1H3,(H,12,13). The van der Waals surface area contributed by atoms with Gasteiger partial charge in [0, 0.05) is 6.54 Å². The number of nitrogens with zero attached hydrogens (tertiary/aromatic N) is 3. The summed E-state index contributed by atoms with van der Waals surface area (Å²) in [5, 5.41) is 9.81. The minimum Gasteiger partial charge on any atom is -0.465 e. The molecular weight excluding hydrogens is 202 g/mol. The van der Waals surface area contributed by atoms with E-state index in [9.17, 15) is 4.79 Å². The Labute approximate surface area is 85.6 Å². The number of rotatable bonds is 1. The van der Waals surface area contributed by atoms with E-state index >= 15 is 0 Å². The molecule has 1 atom stereocenters. The average Bonchev–Trinajstić information content (AvgIpc) is 2.70. The summed E-state index contributed by atoms with van der Waals surface area (Å²) in [5.41, 5.74) is 0. The van der Waals surface area contributed by atoms with Crippen molar-refractivity contribution in [1.29, 1.82) is 0 Å². The highest BCUT2D eigenvalue weighted by atomic mass is 32.1. The summed E-state index contributed by atoms with van der Waals surface area (Å²) in [4.78, 5) is 16.5. The maximum absolute atomic E-state index is 10.9. The van der Waals surface area contributed by atoms with Gasteiger partial charge in [-0.05, 0) is 31.3 Å². The lowest BCUT2D eigenvalue weighted by Crippen LogP contribution is -2.29. The Hall–Kier alpha value is -1.17. The largest absolute Gasteiger partial charge is 0.465 e. The summed E-state index contributed by atoms with van der Waals surface area (Å²) in [7, 11) is 0. The zero-order valence-corrected chi connectivity index (χ0v) is 8.62. The first-order chi connectivity index (χ1) is 6.68. The lowest BCUT2D eigenvalue weighted by Gasteiger charge is -2.18. The molecule has 1 N–H and O–H groups in total. The molecule has 5 nitrogen and oxygen atoms in total. The van der Waals surface area contributed by atoms with E-state index in [4.69, 9.17) is 5.11 Å². The SMILES string of the molecule is Cc1nc(C2CCCN2C(=O)O)ns1. The van der Waals surface area contributed by atoms with E-state index in [1.54, 1.807) is 0 Å². The molecule has 1 aromatic heterocycles. The lowest BCUT2D eigenvalue weighted by molar-refractivity contribution is 0.139. The van der Waals surface area contributed by atoms with E-state index in [2.05, 4.69) is 9.36 Å². The van der Waals surface area contributed by atoms with Crippen molar-refractivity contribution in [1.82, 2.24) is 14.3 Å². The van der Waals surface area contributed by atoms with Crippen LogP contribution in [0.1, 0.15) is 29.7 Å². The number of hydrogen-bond donors (Lipinski definition) is 1. The number of carboxylic acid groups (broad SMARTS) is 1. The van der Waals surface area contributed by atoms with Gasteiger partial charge in [-0.2, -0.15) is 4.37 Å². The van der Waals surface area contributed by atoms with E-state index in [1.165, 1.54) is 16.4 Å². The number of likely N-dealkylation sites (tertiary alicyclic amines) is 1. The van der Waals surface area contributed by atoms with E-state index < -0.39 is 6.09 Å². The fourth-order valence-corrected chi connectivity index (χ4v) is 2.24. The molecule has 1 aliphatic heterocycles. The van der Waals surface area contributed by atoms with Crippen LogP contribution in [0.5, 0.6) is 0 Å². The zero-order valence-electron chi connectivity index (χ0n) is 7.80. The van der Waals surface area contributed by atoms with Crippen LogP contribution in [0.15, 0.2) is 0 Å². The second kappa shape index (κ2) is 3.53. The first kappa shape index (κ1) is 9.39. The molecule has 1 aliphatic rings. The smallest absolute Gasteiger partial charge is 0.407 e. The van der Waals surface area contributed by atoms with Gasteiger partial charge in [0.2, 0.25) is 0 Å². The van der Waals surface area contributed by atoms with Crippen molar-refractivity contribution < 1.29 is 9.90 Å². The normalized spacial score (nSPS) is 21.5. The van der Waals surface area contributed by atoms with Gasteiger partial charge in [-0.25, -0.2) is 9.78 Å². The van der Waals surface area contributed by atoms with Crippen LogP contribution in [0.4, 0.5) is 4.79 Å². The molecule has 2 rings (SSSR count). The molecule has 1 aromatic rings. The maximum Gasteiger partial charge on any atom is 0.407 e. The highest BCUT2D eigenvalue weighted by molar-refractivity contribution is 7.05. The van der Waals surface area contributed by atoms with E-state index in [0.717, 1.165) is 17.8 Å². The third-order valence-corrected chi connectivity index (χ3v) is 2.97. The Morgan fingerprint density at radius 2 is 2.50 bits per heavy atom. The molecule has 14 heavy (non-hydrogen) atoms. The summed E-state index contributed by atoms with van der Waals surface area (Å²) in [6, 6.07) is -0.127. The minimum absolute atomic E-state index is 0.127. The molecule has 0 saturated carbocycles. The van der Waals surface area contributed by atoms with Crippen LogP contribution in [-0.2, 0) is 0 Å². The molecule has 6 heteroatoms. The number of carbonyl (C=O) groups is 1. The van der Waals surface area contributed by atoms with E-state index in [-0.39, 0.29) is 6.04 Å². The third-order valence-electron chi connectivity index (χ3n) is 2.34. The van der Waals surface area contributed by atoms with Gasteiger partial charge >= 0.3 is 6.09 Å². The molecule has 1 unspecified atom stereocenters. The number of hydrogen-bond acceptors (Lipinski definition) is 4. The van der Waals surface area contributed by atoms with Gasteiger partial charge in [-0.15, -0.1) is 0 Å². The molecule has 0 bridgehead atoms. The molecule has 1 saturated heterocycles.